The van der Waals surface area contributed by atoms with Crippen LogP contribution in [0.1, 0.15) is 24.4 Å². The third kappa shape index (κ3) is 4.69. The highest BCUT2D eigenvalue weighted by Crippen LogP contribution is 2.26. The van der Waals surface area contributed by atoms with Crippen LogP contribution in [0.5, 0.6) is 0 Å². The molecule has 0 amide bonds. The molecule has 1 atom stereocenters. The molecule has 2 rings (SSSR count). The van der Waals surface area contributed by atoms with Crippen LogP contribution in [0, 0.1) is 0 Å². The van der Waals surface area contributed by atoms with Crippen LogP contribution < -0.4 is 9.62 Å². The van der Waals surface area contributed by atoms with Gasteiger partial charge in [0.05, 0.1) is 6.26 Å². The lowest BCUT2D eigenvalue weighted by atomic mass is 10.1. The highest BCUT2D eigenvalue weighted by atomic mass is 32.2. The topological polar surface area (TPSA) is 52.7 Å². The van der Waals surface area contributed by atoms with E-state index in [0.717, 1.165) is 18.8 Å². The van der Waals surface area contributed by atoms with Gasteiger partial charge in [0, 0.05) is 32.4 Å². The average molecular weight is 311 g/mol. The average Bonchev–Trinajstić information content (AvgIpc) is 2.92. The van der Waals surface area contributed by atoms with E-state index in [1.165, 1.54) is 24.7 Å². The molecule has 1 saturated heterocycles. The Morgan fingerprint density at radius 3 is 2.24 bits per heavy atom. The second kappa shape index (κ2) is 6.77. The molecule has 0 unspecified atom stereocenters. The monoisotopic (exact) mass is 311 g/mol. The van der Waals surface area contributed by atoms with Gasteiger partial charge in [0.2, 0.25) is 10.0 Å². The minimum atomic E-state index is -3.16. The maximum atomic E-state index is 11.4. The Bertz CT molecular complexity index is 549. The number of hydrogen-bond acceptors (Lipinski definition) is 4. The van der Waals surface area contributed by atoms with Gasteiger partial charge in [-0.2, -0.15) is 0 Å². The molecule has 1 aromatic rings. The highest BCUT2D eigenvalue weighted by molar-refractivity contribution is 7.88. The summed E-state index contributed by atoms with van der Waals surface area (Å²) < 4.78 is 25.4. The van der Waals surface area contributed by atoms with Crippen molar-refractivity contribution in [1.29, 1.82) is 0 Å². The first kappa shape index (κ1) is 16.3. The molecule has 118 valence electrons. The van der Waals surface area contributed by atoms with E-state index in [1.807, 2.05) is 14.1 Å². The SMILES string of the molecule is CN(C)c1ccc([C@H](CNS(C)(=O)=O)N2CCCC2)cc1. The molecule has 1 aliphatic heterocycles. The maximum absolute atomic E-state index is 11.4. The van der Waals surface area contributed by atoms with Gasteiger partial charge in [0.15, 0.2) is 0 Å². The summed E-state index contributed by atoms with van der Waals surface area (Å²) in [7, 11) is 0.861. The van der Waals surface area contributed by atoms with Gasteiger partial charge < -0.3 is 4.90 Å². The highest BCUT2D eigenvalue weighted by Gasteiger charge is 2.24. The van der Waals surface area contributed by atoms with Gasteiger partial charge in [-0.15, -0.1) is 0 Å². The van der Waals surface area contributed by atoms with Crippen molar-refractivity contribution in [3.63, 3.8) is 0 Å². The van der Waals surface area contributed by atoms with Crippen LogP contribution in [0.15, 0.2) is 24.3 Å². The Hall–Kier alpha value is -1.11. The smallest absolute Gasteiger partial charge is 0.208 e. The fourth-order valence-corrected chi connectivity index (χ4v) is 3.20. The molecule has 0 saturated carbocycles. The first-order chi connectivity index (χ1) is 9.87. The zero-order chi connectivity index (χ0) is 15.5. The van der Waals surface area contributed by atoms with Gasteiger partial charge in [-0.3, -0.25) is 4.90 Å². The van der Waals surface area contributed by atoms with Crippen LogP contribution in [0.2, 0.25) is 0 Å². The Balaban J connectivity index is 2.17. The summed E-state index contributed by atoms with van der Waals surface area (Å²) in [6, 6.07) is 8.47. The molecule has 0 aliphatic carbocycles. The molecular formula is C15H25N3O2S. The summed E-state index contributed by atoms with van der Waals surface area (Å²) in [5.41, 5.74) is 2.31. The summed E-state index contributed by atoms with van der Waals surface area (Å²) >= 11 is 0. The molecule has 1 N–H and O–H groups in total. The van der Waals surface area contributed by atoms with Crippen molar-refractivity contribution in [2.24, 2.45) is 0 Å². The molecule has 0 bridgehead atoms. The number of nitrogens with zero attached hydrogens (tertiary/aromatic N) is 2. The predicted octanol–water partition coefficient (Wildman–Crippen LogP) is 1.44. The van der Waals surface area contributed by atoms with Crippen LogP contribution in [0.4, 0.5) is 5.69 Å². The van der Waals surface area contributed by atoms with Crippen molar-refractivity contribution in [1.82, 2.24) is 9.62 Å². The minimum absolute atomic E-state index is 0.110. The summed E-state index contributed by atoms with van der Waals surface area (Å²) in [4.78, 5) is 4.42. The largest absolute Gasteiger partial charge is 0.378 e. The third-order valence-electron chi connectivity index (χ3n) is 3.91. The lowest BCUT2D eigenvalue weighted by Crippen LogP contribution is -2.36. The first-order valence-electron chi connectivity index (χ1n) is 7.33. The van der Waals surface area contributed by atoms with Crippen molar-refractivity contribution >= 4 is 15.7 Å². The lowest BCUT2D eigenvalue weighted by Gasteiger charge is -2.28. The molecule has 0 spiro atoms. The third-order valence-corrected chi connectivity index (χ3v) is 4.61. The van der Waals surface area contributed by atoms with Crippen LogP contribution in [-0.4, -0.2) is 53.3 Å². The fourth-order valence-electron chi connectivity index (χ4n) is 2.74. The molecule has 6 heteroatoms. The first-order valence-corrected chi connectivity index (χ1v) is 9.22. The number of hydrogen-bond donors (Lipinski definition) is 1. The molecule has 1 aliphatic rings. The Labute approximate surface area is 128 Å². The van der Waals surface area contributed by atoms with Gasteiger partial charge in [-0.25, -0.2) is 13.1 Å². The minimum Gasteiger partial charge on any atom is -0.378 e. The van der Waals surface area contributed by atoms with Crippen molar-refractivity contribution in [3.05, 3.63) is 29.8 Å². The Kier molecular flexibility index (Phi) is 5.24. The van der Waals surface area contributed by atoms with Crippen LogP contribution >= 0.6 is 0 Å². The van der Waals surface area contributed by atoms with E-state index < -0.39 is 10.0 Å². The van der Waals surface area contributed by atoms with E-state index in [-0.39, 0.29) is 6.04 Å². The summed E-state index contributed by atoms with van der Waals surface area (Å²) in [5, 5.41) is 0. The lowest BCUT2D eigenvalue weighted by molar-refractivity contribution is 0.246. The van der Waals surface area contributed by atoms with Crippen LogP contribution in [0.3, 0.4) is 0 Å². The van der Waals surface area contributed by atoms with Crippen LogP contribution in [-0.2, 0) is 10.0 Å². The summed E-state index contributed by atoms with van der Waals surface area (Å²) in [6.07, 6.45) is 3.58. The number of nitrogens with one attached hydrogen (secondary N) is 1. The second-order valence-electron chi connectivity index (χ2n) is 5.87. The summed E-state index contributed by atoms with van der Waals surface area (Å²) in [5.74, 6) is 0. The quantitative estimate of drug-likeness (QED) is 0.864. The van der Waals surface area contributed by atoms with E-state index in [1.54, 1.807) is 0 Å². The van der Waals surface area contributed by atoms with Crippen molar-refractivity contribution < 1.29 is 8.42 Å². The number of rotatable bonds is 6. The Morgan fingerprint density at radius 2 is 1.76 bits per heavy atom. The number of benzene rings is 1. The summed E-state index contributed by atoms with van der Waals surface area (Å²) in [6.45, 7) is 2.50. The van der Waals surface area contributed by atoms with E-state index >= 15 is 0 Å². The van der Waals surface area contributed by atoms with Gasteiger partial charge in [0.25, 0.3) is 0 Å². The number of anilines is 1. The van der Waals surface area contributed by atoms with Gasteiger partial charge >= 0.3 is 0 Å². The van der Waals surface area contributed by atoms with Gasteiger partial charge in [-0.1, -0.05) is 12.1 Å². The van der Waals surface area contributed by atoms with Gasteiger partial charge in [0.1, 0.15) is 0 Å². The number of sulfonamides is 1. The van der Waals surface area contributed by atoms with Crippen LogP contribution in [0.25, 0.3) is 0 Å². The molecule has 0 radical (unpaired) electrons. The zero-order valence-electron chi connectivity index (χ0n) is 13.0. The molecule has 5 nitrogen and oxygen atoms in total. The second-order valence-corrected chi connectivity index (χ2v) is 7.70. The zero-order valence-corrected chi connectivity index (χ0v) is 13.9. The normalized spacial score (nSPS) is 17.9. The Morgan fingerprint density at radius 1 is 1.19 bits per heavy atom. The fraction of sp³-hybridized carbons (Fsp3) is 0.600. The molecule has 0 aromatic heterocycles. The molecule has 1 aromatic carbocycles. The molecule has 1 fully saturated rings. The van der Waals surface area contributed by atoms with Gasteiger partial charge in [-0.05, 0) is 43.6 Å². The van der Waals surface area contributed by atoms with Crippen molar-refractivity contribution in [2.45, 2.75) is 18.9 Å². The molecular weight excluding hydrogens is 286 g/mol. The maximum Gasteiger partial charge on any atom is 0.208 e. The van der Waals surface area contributed by atoms with E-state index in [4.69, 9.17) is 0 Å². The van der Waals surface area contributed by atoms with Crippen molar-refractivity contribution in [2.75, 3.05) is 44.9 Å². The van der Waals surface area contributed by atoms with Crippen molar-refractivity contribution in [3.8, 4) is 0 Å². The number of likely N-dealkylation sites (tertiary alicyclic amines) is 1. The molecule has 21 heavy (non-hydrogen) atoms. The van der Waals surface area contributed by atoms with E-state index in [0.29, 0.717) is 6.54 Å². The molecule has 1 heterocycles. The standard InChI is InChI=1S/C15H25N3O2S/c1-17(2)14-8-6-13(7-9-14)15(12-16-21(3,19)20)18-10-4-5-11-18/h6-9,15-16H,4-5,10-12H2,1-3H3/t15-/m0/s1. The van der Waals surface area contributed by atoms with E-state index in [2.05, 4.69) is 38.8 Å². The van der Waals surface area contributed by atoms with E-state index in [9.17, 15) is 8.42 Å². The predicted molar refractivity (Wildman–Crippen MR) is 87.2 cm³/mol.